The van der Waals surface area contributed by atoms with Crippen molar-refractivity contribution >= 4 is 11.9 Å². The van der Waals surface area contributed by atoms with Gasteiger partial charge in [0.2, 0.25) is 0 Å². The van der Waals surface area contributed by atoms with Gasteiger partial charge >= 0.3 is 11.9 Å². The lowest BCUT2D eigenvalue weighted by molar-refractivity contribution is -0.161. The molecule has 0 spiro atoms. The molecule has 0 bridgehead atoms. The number of hydrogen-bond acceptors (Lipinski definition) is 5. The summed E-state index contributed by atoms with van der Waals surface area (Å²) >= 11 is 0. The van der Waals surface area contributed by atoms with Crippen LogP contribution in [-0.4, -0.2) is 36.4 Å². The van der Waals surface area contributed by atoms with Crippen LogP contribution < -0.4 is 0 Å². The fourth-order valence-corrected chi connectivity index (χ4v) is 8.50. The number of esters is 2. The average molecular weight is 1050 g/mol. The van der Waals surface area contributed by atoms with E-state index < -0.39 is 6.10 Å². The van der Waals surface area contributed by atoms with E-state index in [0.29, 0.717) is 12.8 Å². The van der Waals surface area contributed by atoms with E-state index in [9.17, 15) is 14.7 Å². The van der Waals surface area contributed by atoms with Crippen molar-refractivity contribution in [3.63, 3.8) is 0 Å². The lowest BCUT2D eigenvalue weighted by Crippen LogP contribution is -2.28. The minimum absolute atomic E-state index is 0.0753. The molecule has 430 valence electrons. The molecule has 0 aromatic heterocycles. The van der Waals surface area contributed by atoms with Gasteiger partial charge in [-0.3, -0.25) is 9.59 Å². The Morgan fingerprint density at radius 3 is 0.789 bits per heavy atom. The first kappa shape index (κ1) is 71.8. The molecule has 0 radical (unpaired) electrons. The van der Waals surface area contributed by atoms with E-state index in [1.54, 1.807) is 0 Å². The Bertz CT molecular complexity index is 1610. The first-order chi connectivity index (χ1) is 37.6. The molecule has 0 aliphatic carbocycles. The average Bonchev–Trinajstić information content (AvgIpc) is 3.42. The van der Waals surface area contributed by atoms with Crippen molar-refractivity contribution in [1.82, 2.24) is 0 Å². The number of hydrogen-bond donors (Lipinski definition) is 1. The molecule has 0 saturated heterocycles. The highest BCUT2D eigenvalue weighted by Gasteiger charge is 2.16. The molecule has 0 aliphatic rings. The van der Waals surface area contributed by atoms with Crippen LogP contribution in [0.5, 0.6) is 0 Å². The lowest BCUT2D eigenvalue weighted by atomic mass is 10.0. The van der Waals surface area contributed by atoms with Gasteiger partial charge in [-0.2, -0.15) is 0 Å². The number of carbonyl (C=O) groups is 2. The first-order valence-corrected chi connectivity index (χ1v) is 31.4. The second-order valence-corrected chi connectivity index (χ2v) is 20.4. The van der Waals surface area contributed by atoms with Gasteiger partial charge in [0.25, 0.3) is 0 Å². The summed E-state index contributed by atoms with van der Waals surface area (Å²) in [6, 6.07) is 0. The highest BCUT2D eigenvalue weighted by Crippen LogP contribution is 2.16. The van der Waals surface area contributed by atoms with Crippen LogP contribution in [0.4, 0.5) is 0 Å². The Kier molecular flexibility index (Phi) is 61.5. The molecular formula is C71H116O5. The molecule has 0 saturated carbocycles. The highest BCUT2D eigenvalue weighted by molar-refractivity contribution is 5.70. The predicted molar refractivity (Wildman–Crippen MR) is 334 cm³/mol. The van der Waals surface area contributed by atoms with Crippen molar-refractivity contribution < 1.29 is 24.2 Å². The van der Waals surface area contributed by atoms with E-state index in [2.05, 4.69) is 160 Å². The summed E-state index contributed by atoms with van der Waals surface area (Å²) in [5.74, 6) is -0.600. The molecule has 0 rings (SSSR count). The topological polar surface area (TPSA) is 72.8 Å². The largest absolute Gasteiger partial charge is 0.462 e. The standard InChI is InChI=1S/C71H116O5/c1-3-5-7-9-11-13-15-17-19-21-23-25-27-29-31-33-35-37-39-41-43-45-47-49-51-53-55-57-59-61-63-65-70(73)75-68-69(67-72)76-71(74)66-64-62-60-58-56-54-52-50-48-46-44-42-40-38-36-34-32-30-28-26-24-22-20-18-16-14-12-10-8-6-4-2/h5-8,11-14,17-20,23-26,29-32,36,38,42,44,69,72H,3-4,9-10,15-16,21-22,27-28,33-35,37,39-41,43,45-68H2,1-2H3/b7-5-,8-6-,13-11-,14-12-,19-17-,20-18-,25-23-,26-24-,31-29-,32-30-,38-36-,44-42-. The molecular weight excluding hydrogens is 933 g/mol. The third kappa shape index (κ3) is 62.3. The molecule has 0 amide bonds. The maximum Gasteiger partial charge on any atom is 0.306 e. The zero-order chi connectivity index (χ0) is 54.8. The third-order valence-electron chi connectivity index (χ3n) is 13.1. The molecule has 0 aliphatic heterocycles. The number of ether oxygens (including phenoxy) is 2. The summed E-state index contributed by atoms with van der Waals surface area (Å²) in [5.41, 5.74) is 0. The number of aliphatic hydroxyl groups excluding tert-OH is 1. The van der Waals surface area contributed by atoms with Crippen LogP contribution in [0.2, 0.25) is 0 Å². The van der Waals surface area contributed by atoms with Crippen LogP contribution in [0.3, 0.4) is 0 Å². The van der Waals surface area contributed by atoms with E-state index in [1.165, 1.54) is 122 Å². The second kappa shape index (κ2) is 65.1. The van der Waals surface area contributed by atoms with Crippen LogP contribution in [0.15, 0.2) is 146 Å². The zero-order valence-electron chi connectivity index (χ0n) is 49.2. The molecule has 5 nitrogen and oxygen atoms in total. The quantitative estimate of drug-likeness (QED) is 0.0373. The summed E-state index contributed by atoms with van der Waals surface area (Å²) in [6.45, 7) is 3.92. The SMILES string of the molecule is CC/C=C\C/C=C\C/C=C\C/C=C\C/C=C\C/C=C\C/C=C\CCCCCCCCCCCC(=O)OC(CO)COC(=O)CCCCCCCCCCCCCCCCC/C=C\C/C=C\C/C=C\C/C=C\C/C=C\CC. The lowest BCUT2D eigenvalue weighted by Gasteiger charge is -2.15. The van der Waals surface area contributed by atoms with Crippen molar-refractivity contribution in [3.05, 3.63) is 146 Å². The van der Waals surface area contributed by atoms with Gasteiger partial charge in [0.15, 0.2) is 6.10 Å². The van der Waals surface area contributed by atoms with Gasteiger partial charge in [-0.1, -0.05) is 288 Å². The van der Waals surface area contributed by atoms with E-state index >= 15 is 0 Å². The van der Waals surface area contributed by atoms with Gasteiger partial charge in [-0.15, -0.1) is 0 Å². The van der Waals surface area contributed by atoms with Gasteiger partial charge in [0.05, 0.1) is 6.61 Å². The molecule has 1 unspecified atom stereocenters. The van der Waals surface area contributed by atoms with Crippen LogP contribution in [0.1, 0.15) is 271 Å². The molecule has 1 atom stereocenters. The number of rotatable bonds is 56. The summed E-state index contributed by atoms with van der Waals surface area (Å²) < 4.78 is 10.7. The second-order valence-electron chi connectivity index (χ2n) is 20.4. The van der Waals surface area contributed by atoms with Crippen molar-refractivity contribution in [3.8, 4) is 0 Å². The molecule has 0 aromatic carbocycles. The molecule has 0 heterocycles. The maximum absolute atomic E-state index is 12.3. The van der Waals surface area contributed by atoms with E-state index in [4.69, 9.17) is 9.47 Å². The van der Waals surface area contributed by atoms with Gasteiger partial charge in [0.1, 0.15) is 6.61 Å². The Morgan fingerprint density at radius 2 is 0.526 bits per heavy atom. The van der Waals surface area contributed by atoms with Crippen molar-refractivity contribution in [2.24, 2.45) is 0 Å². The van der Waals surface area contributed by atoms with E-state index in [-0.39, 0.29) is 25.2 Å². The van der Waals surface area contributed by atoms with Gasteiger partial charge in [0, 0.05) is 12.8 Å². The van der Waals surface area contributed by atoms with E-state index in [0.717, 1.165) is 122 Å². The monoisotopic (exact) mass is 1050 g/mol. The maximum atomic E-state index is 12.3. The summed E-state index contributed by atoms with van der Waals surface area (Å²) in [5, 5.41) is 9.68. The molecule has 76 heavy (non-hydrogen) atoms. The molecule has 0 aromatic rings. The Labute approximate surface area is 469 Å². The van der Waals surface area contributed by atoms with Crippen molar-refractivity contribution in [1.29, 1.82) is 0 Å². The van der Waals surface area contributed by atoms with Crippen LogP contribution in [0, 0.1) is 0 Å². The Morgan fingerprint density at radius 1 is 0.303 bits per heavy atom. The van der Waals surface area contributed by atoms with Crippen LogP contribution in [-0.2, 0) is 19.1 Å². The first-order valence-electron chi connectivity index (χ1n) is 31.4. The minimum atomic E-state index is -0.786. The molecule has 0 fully saturated rings. The number of unbranched alkanes of at least 4 members (excludes halogenated alkanes) is 24. The zero-order valence-corrected chi connectivity index (χ0v) is 49.2. The Balaban J connectivity index is 3.54. The van der Waals surface area contributed by atoms with Gasteiger partial charge in [-0.25, -0.2) is 0 Å². The summed E-state index contributed by atoms with van der Waals surface area (Å²) in [4.78, 5) is 24.6. The smallest absolute Gasteiger partial charge is 0.306 e. The van der Waals surface area contributed by atoms with Gasteiger partial charge in [-0.05, 0) is 116 Å². The van der Waals surface area contributed by atoms with Crippen LogP contribution in [0.25, 0.3) is 0 Å². The predicted octanol–water partition coefficient (Wildman–Crippen LogP) is 21.8. The van der Waals surface area contributed by atoms with Crippen LogP contribution >= 0.6 is 0 Å². The van der Waals surface area contributed by atoms with Crippen molar-refractivity contribution in [2.75, 3.05) is 13.2 Å². The number of aliphatic hydroxyl groups is 1. The Hall–Kier alpha value is -4.22. The molecule has 5 heteroatoms. The number of allylic oxidation sites excluding steroid dienone is 24. The number of carbonyl (C=O) groups excluding carboxylic acids is 2. The highest BCUT2D eigenvalue weighted by atomic mass is 16.6. The normalized spacial score (nSPS) is 13.2. The summed E-state index contributed by atoms with van der Waals surface area (Å²) in [7, 11) is 0. The van der Waals surface area contributed by atoms with E-state index in [1.807, 2.05) is 0 Å². The third-order valence-corrected chi connectivity index (χ3v) is 13.1. The fraction of sp³-hybridized carbons (Fsp3) is 0.634. The minimum Gasteiger partial charge on any atom is -0.462 e. The van der Waals surface area contributed by atoms with Gasteiger partial charge < -0.3 is 14.6 Å². The van der Waals surface area contributed by atoms with Crippen molar-refractivity contribution in [2.45, 2.75) is 277 Å². The summed E-state index contributed by atoms with van der Waals surface area (Å²) in [6.07, 6.45) is 98.3. The molecule has 1 N–H and O–H groups in total. The fourth-order valence-electron chi connectivity index (χ4n) is 8.50.